The first-order chi connectivity index (χ1) is 10.1. The fourth-order valence-corrected chi connectivity index (χ4v) is 2.07. The number of benzene rings is 1. The van der Waals surface area contributed by atoms with Gasteiger partial charge >= 0.3 is 0 Å². The van der Waals surface area contributed by atoms with E-state index in [1.165, 1.54) is 4.68 Å². The molecule has 1 aromatic carbocycles. The second-order valence-electron chi connectivity index (χ2n) is 5.00. The van der Waals surface area contributed by atoms with Gasteiger partial charge in [0.15, 0.2) is 0 Å². The molecule has 0 saturated carbocycles. The molecular weight excluding hydrogens is 266 g/mol. The van der Waals surface area contributed by atoms with Crippen molar-refractivity contribution in [2.45, 2.75) is 26.0 Å². The molecule has 2 aromatic rings. The summed E-state index contributed by atoms with van der Waals surface area (Å²) in [5.41, 5.74) is 1.52. The van der Waals surface area contributed by atoms with Gasteiger partial charge in [0.05, 0.1) is 18.0 Å². The zero-order valence-corrected chi connectivity index (χ0v) is 12.4. The molecule has 0 spiro atoms. The highest BCUT2D eigenvalue weighted by Crippen LogP contribution is 2.16. The van der Waals surface area contributed by atoms with E-state index < -0.39 is 6.10 Å². The van der Waals surface area contributed by atoms with Gasteiger partial charge < -0.3 is 10.0 Å². The average Bonchev–Trinajstić information content (AvgIpc) is 2.53. The van der Waals surface area contributed by atoms with Gasteiger partial charge in [0, 0.05) is 26.2 Å². The molecule has 0 bridgehead atoms. The quantitative estimate of drug-likeness (QED) is 0.880. The zero-order chi connectivity index (χ0) is 15.2. The summed E-state index contributed by atoms with van der Waals surface area (Å²) in [6.07, 6.45) is 1.55. The summed E-state index contributed by atoms with van der Waals surface area (Å²) in [7, 11) is 1.92. The molecule has 1 atom stereocenters. The molecule has 0 aliphatic rings. The van der Waals surface area contributed by atoms with E-state index in [4.69, 9.17) is 0 Å². The van der Waals surface area contributed by atoms with Crippen LogP contribution in [0.3, 0.4) is 0 Å². The SMILES string of the molecule is CCN(C)c1cnn(CCC(O)c2ccccc2)c(=O)c1. The van der Waals surface area contributed by atoms with Crippen molar-refractivity contribution in [3.05, 3.63) is 58.5 Å². The van der Waals surface area contributed by atoms with Crippen molar-refractivity contribution >= 4 is 5.69 Å². The van der Waals surface area contributed by atoms with Crippen molar-refractivity contribution in [2.75, 3.05) is 18.5 Å². The van der Waals surface area contributed by atoms with Crippen molar-refractivity contribution in [1.82, 2.24) is 9.78 Å². The van der Waals surface area contributed by atoms with Crippen molar-refractivity contribution < 1.29 is 5.11 Å². The van der Waals surface area contributed by atoms with Crippen LogP contribution in [-0.2, 0) is 6.54 Å². The van der Waals surface area contributed by atoms with E-state index in [1.54, 1.807) is 12.3 Å². The molecule has 2 rings (SSSR count). The van der Waals surface area contributed by atoms with Crippen molar-refractivity contribution in [3.63, 3.8) is 0 Å². The molecule has 1 N–H and O–H groups in total. The van der Waals surface area contributed by atoms with Crippen LogP contribution in [-0.4, -0.2) is 28.5 Å². The Morgan fingerprint density at radius 2 is 2.05 bits per heavy atom. The van der Waals surface area contributed by atoms with E-state index in [9.17, 15) is 9.90 Å². The van der Waals surface area contributed by atoms with Crippen LogP contribution >= 0.6 is 0 Å². The fraction of sp³-hybridized carbons (Fsp3) is 0.375. The number of rotatable bonds is 6. The highest BCUT2D eigenvalue weighted by molar-refractivity contribution is 5.41. The number of hydrogen-bond acceptors (Lipinski definition) is 4. The lowest BCUT2D eigenvalue weighted by Crippen LogP contribution is -2.26. The summed E-state index contributed by atoms with van der Waals surface area (Å²) in [4.78, 5) is 14.0. The molecule has 0 aliphatic heterocycles. The van der Waals surface area contributed by atoms with Crippen LogP contribution in [0, 0.1) is 0 Å². The standard InChI is InChI=1S/C16H21N3O2/c1-3-18(2)14-11-16(21)19(17-12-14)10-9-15(20)13-7-5-4-6-8-13/h4-8,11-12,15,20H,3,9-10H2,1-2H3. The Morgan fingerprint density at radius 1 is 1.33 bits per heavy atom. The van der Waals surface area contributed by atoms with Crippen LogP contribution in [0.15, 0.2) is 47.4 Å². The normalized spacial score (nSPS) is 12.1. The Bertz CT molecular complexity index is 625. The van der Waals surface area contributed by atoms with Crippen LogP contribution in [0.5, 0.6) is 0 Å². The third kappa shape index (κ3) is 3.92. The molecule has 1 aromatic heterocycles. The van der Waals surface area contributed by atoms with Gasteiger partial charge in [-0.15, -0.1) is 0 Å². The van der Waals surface area contributed by atoms with Crippen LogP contribution in [0.25, 0.3) is 0 Å². The highest BCUT2D eigenvalue weighted by Gasteiger charge is 2.09. The molecule has 21 heavy (non-hydrogen) atoms. The Morgan fingerprint density at radius 3 is 2.67 bits per heavy atom. The topological polar surface area (TPSA) is 58.4 Å². The van der Waals surface area contributed by atoms with E-state index in [0.29, 0.717) is 13.0 Å². The molecule has 5 nitrogen and oxygen atoms in total. The van der Waals surface area contributed by atoms with Gasteiger partial charge in [-0.05, 0) is 18.9 Å². The van der Waals surface area contributed by atoms with E-state index in [-0.39, 0.29) is 5.56 Å². The number of aliphatic hydroxyl groups excluding tert-OH is 1. The van der Waals surface area contributed by atoms with E-state index >= 15 is 0 Å². The van der Waals surface area contributed by atoms with Crippen LogP contribution < -0.4 is 10.5 Å². The predicted molar refractivity (Wildman–Crippen MR) is 83.5 cm³/mol. The molecule has 0 fully saturated rings. The minimum absolute atomic E-state index is 0.145. The molecule has 112 valence electrons. The van der Waals surface area contributed by atoms with Gasteiger partial charge in [-0.2, -0.15) is 5.10 Å². The molecular formula is C16H21N3O2. The number of aryl methyl sites for hydroxylation is 1. The lowest BCUT2D eigenvalue weighted by molar-refractivity contribution is 0.158. The number of aliphatic hydroxyl groups is 1. The minimum atomic E-state index is -0.585. The lowest BCUT2D eigenvalue weighted by Gasteiger charge is -2.16. The van der Waals surface area contributed by atoms with Gasteiger partial charge in [-0.25, -0.2) is 4.68 Å². The summed E-state index contributed by atoms with van der Waals surface area (Å²) in [5.74, 6) is 0. The average molecular weight is 287 g/mol. The first-order valence-electron chi connectivity index (χ1n) is 7.13. The molecule has 1 heterocycles. The third-order valence-electron chi connectivity index (χ3n) is 3.57. The minimum Gasteiger partial charge on any atom is -0.388 e. The number of nitrogens with zero attached hydrogens (tertiary/aromatic N) is 3. The fourth-order valence-electron chi connectivity index (χ4n) is 2.07. The lowest BCUT2D eigenvalue weighted by atomic mass is 10.1. The van der Waals surface area contributed by atoms with Gasteiger partial charge in [0.25, 0.3) is 5.56 Å². The van der Waals surface area contributed by atoms with Crippen LogP contribution in [0.2, 0.25) is 0 Å². The second-order valence-corrected chi connectivity index (χ2v) is 5.00. The maximum atomic E-state index is 12.0. The molecule has 0 saturated heterocycles. The Hall–Kier alpha value is -2.14. The van der Waals surface area contributed by atoms with Gasteiger partial charge in [0.2, 0.25) is 0 Å². The third-order valence-corrected chi connectivity index (χ3v) is 3.57. The number of hydrogen-bond donors (Lipinski definition) is 1. The Balaban J connectivity index is 2.02. The summed E-state index contributed by atoms with van der Waals surface area (Å²) in [6.45, 7) is 3.23. The highest BCUT2D eigenvalue weighted by atomic mass is 16.3. The van der Waals surface area contributed by atoms with Crippen LogP contribution in [0.4, 0.5) is 5.69 Å². The van der Waals surface area contributed by atoms with E-state index in [1.807, 2.05) is 49.2 Å². The van der Waals surface area contributed by atoms with Gasteiger partial charge in [0.1, 0.15) is 0 Å². The summed E-state index contributed by atoms with van der Waals surface area (Å²) < 4.78 is 1.39. The van der Waals surface area contributed by atoms with Crippen molar-refractivity contribution in [1.29, 1.82) is 0 Å². The second kappa shape index (κ2) is 7.04. The van der Waals surface area contributed by atoms with Crippen molar-refractivity contribution in [2.24, 2.45) is 0 Å². The zero-order valence-electron chi connectivity index (χ0n) is 12.4. The van der Waals surface area contributed by atoms with E-state index in [2.05, 4.69) is 5.10 Å². The summed E-state index contributed by atoms with van der Waals surface area (Å²) in [5, 5.41) is 14.3. The first-order valence-corrected chi connectivity index (χ1v) is 7.13. The van der Waals surface area contributed by atoms with E-state index in [0.717, 1.165) is 17.8 Å². The number of anilines is 1. The van der Waals surface area contributed by atoms with Gasteiger partial charge in [-0.3, -0.25) is 4.79 Å². The first kappa shape index (κ1) is 15.3. The predicted octanol–water partition coefficient (Wildman–Crippen LogP) is 1.82. The van der Waals surface area contributed by atoms with Crippen molar-refractivity contribution in [3.8, 4) is 0 Å². The number of aromatic nitrogens is 2. The largest absolute Gasteiger partial charge is 0.388 e. The van der Waals surface area contributed by atoms with Gasteiger partial charge in [-0.1, -0.05) is 30.3 Å². The Kier molecular flexibility index (Phi) is 5.11. The molecule has 1 unspecified atom stereocenters. The molecule has 0 aliphatic carbocycles. The Labute approximate surface area is 124 Å². The summed E-state index contributed by atoms with van der Waals surface area (Å²) >= 11 is 0. The maximum Gasteiger partial charge on any atom is 0.268 e. The molecule has 0 radical (unpaired) electrons. The smallest absolute Gasteiger partial charge is 0.268 e. The molecule has 0 amide bonds. The van der Waals surface area contributed by atoms with Crippen LogP contribution in [0.1, 0.15) is 25.0 Å². The maximum absolute atomic E-state index is 12.0. The monoisotopic (exact) mass is 287 g/mol. The summed E-state index contributed by atoms with van der Waals surface area (Å²) in [6, 6.07) is 11.0. The molecule has 5 heteroatoms.